The van der Waals surface area contributed by atoms with E-state index in [1.165, 1.54) is 6.07 Å². The Labute approximate surface area is 94.3 Å². The Hall–Kier alpha value is -1.42. The average molecular weight is 225 g/mol. The molecule has 1 aromatic carbocycles. The van der Waals surface area contributed by atoms with Crippen LogP contribution in [0.4, 0.5) is 10.1 Å². The third-order valence-electron chi connectivity index (χ3n) is 2.21. The zero-order valence-corrected chi connectivity index (χ0v) is 9.29. The number of halogens is 1. The second kappa shape index (κ2) is 6.23. The highest BCUT2D eigenvalue weighted by molar-refractivity contribution is 5.90. The van der Waals surface area contributed by atoms with Crippen molar-refractivity contribution in [3.63, 3.8) is 0 Å². The minimum Gasteiger partial charge on any atom is -0.396 e. The summed E-state index contributed by atoms with van der Waals surface area (Å²) < 4.78 is 13.3. The van der Waals surface area contributed by atoms with E-state index in [-0.39, 0.29) is 18.2 Å². The lowest BCUT2D eigenvalue weighted by molar-refractivity contribution is -0.116. The zero-order valence-electron chi connectivity index (χ0n) is 9.29. The van der Waals surface area contributed by atoms with Crippen LogP contribution < -0.4 is 5.32 Å². The summed E-state index contributed by atoms with van der Waals surface area (Å²) in [7, 11) is 0. The Morgan fingerprint density at radius 3 is 2.81 bits per heavy atom. The fourth-order valence-corrected chi connectivity index (χ4v) is 1.33. The summed E-state index contributed by atoms with van der Waals surface area (Å²) in [6.45, 7) is 1.86. The summed E-state index contributed by atoms with van der Waals surface area (Å²) in [6, 6.07) is 4.67. The lowest BCUT2D eigenvalue weighted by Crippen LogP contribution is -2.12. The minimum atomic E-state index is -0.421. The molecule has 0 heterocycles. The van der Waals surface area contributed by atoms with Crippen molar-refractivity contribution in [2.24, 2.45) is 0 Å². The number of amides is 1. The molecule has 1 aromatic rings. The van der Waals surface area contributed by atoms with Gasteiger partial charge in [-0.1, -0.05) is 6.07 Å². The predicted molar refractivity (Wildman–Crippen MR) is 60.7 cm³/mol. The van der Waals surface area contributed by atoms with Crippen LogP contribution in [0.2, 0.25) is 0 Å². The summed E-state index contributed by atoms with van der Waals surface area (Å²) in [5.74, 6) is -0.647. The van der Waals surface area contributed by atoms with Crippen LogP contribution in [0.5, 0.6) is 0 Å². The molecule has 0 bridgehead atoms. The number of anilines is 1. The molecule has 3 nitrogen and oxygen atoms in total. The third kappa shape index (κ3) is 3.98. The van der Waals surface area contributed by atoms with Gasteiger partial charge in [0.05, 0.1) is 5.69 Å². The van der Waals surface area contributed by atoms with E-state index in [2.05, 4.69) is 5.32 Å². The van der Waals surface area contributed by atoms with Gasteiger partial charge in [0.1, 0.15) is 5.82 Å². The van der Waals surface area contributed by atoms with Gasteiger partial charge in [-0.15, -0.1) is 0 Å². The highest BCUT2D eigenvalue weighted by Crippen LogP contribution is 2.15. The van der Waals surface area contributed by atoms with Crippen molar-refractivity contribution in [2.45, 2.75) is 26.2 Å². The predicted octanol–water partition coefficient (Wildman–Crippen LogP) is 2.24. The third-order valence-corrected chi connectivity index (χ3v) is 2.21. The highest BCUT2D eigenvalue weighted by atomic mass is 19.1. The standard InChI is InChI=1S/C12H16FNO2/c1-9-5-6-11(10(13)8-9)14-12(16)4-2-3-7-15/h5-6,8,15H,2-4,7H2,1H3,(H,14,16). The number of rotatable bonds is 5. The molecule has 0 aliphatic rings. The fraction of sp³-hybridized carbons (Fsp3) is 0.417. The van der Waals surface area contributed by atoms with Gasteiger partial charge in [0.15, 0.2) is 0 Å². The van der Waals surface area contributed by atoms with Crippen LogP contribution in [0.3, 0.4) is 0 Å². The number of nitrogens with one attached hydrogen (secondary N) is 1. The van der Waals surface area contributed by atoms with Crippen LogP contribution in [0, 0.1) is 12.7 Å². The normalized spacial score (nSPS) is 10.2. The molecule has 88 valence electrons. The molecule has 16 heavy (non-hydrogen) atoms. The molecule has 0 aromatic heterocycles. The quantitative estimate of drug-likeness (QED) is 0.755. The Balaban J connectivity index is 2.49. The first-order valence-electron chi connectivity index (χ1n) is 5.30. The maximum Gasteiger partial charge on any atom is 0.224 e. The number of hydrogen-bond acceptors (Lipinski definition) is 2. The van der Waals surface area contributed by atoms with Gasteiger partial charge in [0, 0.05) is 13.0 Å². The van der Waals surface area contributed by atoms with Gasteiger partial charge in [-0.05, 0) is 37.5 Å². The van der Waals surface area contributed by atoms with E-state index in [1.54, 1.807) is 19.1 Å². The summed E-state index contributed by atoms with van der Waals surface area (Å²) in [5.41, 5.74) is 1.02. The van der Waals surface area contributed by atoms with Crippen molar-refractivity contribution in [1.82, 2.24) is 0 Å². The minimum absolute atomic E-state index is 0.0756. The van der Waals surface area contributed by atoms with Gasteiger partial charge in [-0.25, -0.2) is 4.39 Å². The van der Waals surface area contributed by atoms with E-state index in [0.717, 1.165) is 5.56 Å². The highest BCUT2D eigenvalue weighted by Gasteiger charge is 2.06. The van der Waals surface area contributed by atoms with E-state index in [4.69, 9.17) is 5.11 Å². The van der Waals surface area contributed by atoms with E-state index in [0.29, 0.717) is 19.3 Å². The molecule has 0 radical (unpaired) electrons. The van der Waals surface area contributed by atoms with Crippen molar-refractivity contribution < 1.29 is 14.3 Å². The number of carbonyl (C=O) groups is 1. The van der Waals surface area contributed by atoms with Crippen LogP contribution in [0.25, 0.3) is 0 Å². The summed E-state index contributed by atoms with van der Waals surface area (Å²) in [6.07, 6.45) is 1.49. The Kier molecular flexibility index (Phi) is 4.92. The summed E-state index contributed by atoms with van der Waals surface area (Å²) in [5, 5.41) is 11.1. The van der Waals surface area contributed by atoms with Crippen molar-refractivity contribution >= 4 is 11.6 Å². The monoisotopic (exact) mass is 225 g/mol. The van der Waals surface area contributed by atoms with Crippen LogP contribution >= 0.6 is 0 Å². The van der Waals surface area contributed by atoms with Crippen LogP contribution in [0.1, 0.15) is 24.8 Å². The summed E-state index contributed by atoms with van der Waals surface area (Å²) >= 11 is 0. The molecule has 0 spiro atoms. The fourth-order valence-electron chi connectivity index (χ4n) is 1.33. The van der Waals surface area contributed by atoms with E-state index in [1.807, 2.05) is 0 Å². The van der Waals surface area contributed by atoms with Crippen molar-refractivity contribution in [3.8, 4) is 0 Å². The van der Waals surface area contributed by atoms with Crippen LogP contribution in [-0.2, 0) is 4.79 Å². The number of aliphatic hydroxyl groups excluding tert-OH is 1. The number of hydrogen-bond donors (Lipinski definition) is 2. The van der Waals surface area contributed by atoms with E-state index in [9.17, 15) is 9.18 Å². The summed E-state index contributed by atoms with van der Waals surface area (Å²) in [4.78, 5) is 11.4. The lowest BCUT2D eigenvalue weighted by atomic mass is 10.2. The maximum atomic E-state index is 13.3. The number of carbonyl (C=O) groups excluding carboxylic acids is 1. The zero-order chi connectivity index (χ0) is 12.0. The molecule has 0 aliphatic heterocycles. The second-order valence-corrected chi connectivity index (χ2v) is 3.71. The SMILES string of the molecule is Cc1ccc(NC(=O)CCCCO)c(F)c1. The first-order chi connectivity index (χ1) is 7.63. The van der Waals surface area contributed by atoms with Gasteiger partial charge in [-0.2, -0.15) is 0 Å². The number of benzene rings is 1. The molecule has 0 saturated carbocycles. The van der Waals surface area contributed by atoms with Crippen molar-refractivity contribution in [1.29, 1.82) is 0 Å². The molecule has 0 saturated heterocycles. The van der Waals surface area contributed by atoms with Gasteiger partial charge in [0.2, 0.25) is 5.91 Å². The van der Waals surface area contributed by atoms with Gasteiger partial charge in [-0.3, -0.25) is 4.79 Å². The molecule has 4 heteroatoms. The van der Waals surface area contributed by atoms with Crippen molar-refractivity contribution in [2.75, 3.05) is 11.9 Å². The number of aliphatic hydroxyl groups is 1. The van der Waals surface area contributed by atoms with Crippen molar-refractivity contribution in [3.05, 3.63) is 29.6 Å². The first-order valence-corrected chi connectivity index (χ1v) is 5.30. The van der Waals surface area contributed by atoms with Crippen LogP contribution in [-0.4, -0.2) is 17.6 Å². The molecule has 0 aliphatic carbocycles. The molecule has 0 atom stereocenters. The Bertz CT molecular complexity index is 366. The number of unbranched alkanes of at least 4 members (excludes halogenated alkanes) is 1. The van der Waals surface area contributed by atoms with E-state index < -0.39 is 5.82 Å². The smallest absolute Gasteiger partial charge is 0.224 e. The maximum absolute atomic E-state index is 13.3. The molecular formula is C12H16FNO2. The molecule has 1 rings (SSSR count). The average Bonchev–Trinajstić information content (AvgIpc) is 2.23. The first kappa shape index (κ1) is 12.6. The Morgan fingerprint density at radius 2 is 2.19 bits per heavy atom. The molecule has 0 fully saturated rings. The molecule has 2 N–H and O–H groups in total. The van der Waals surface area contributed by atoms with E-state index >= 15 is 0 Å². The molecular weight excluding hydrogens is 209 g/mol. The Morgan fingerprint density at radius 1 is 1.44 bits per heavy atom. The molecule has 1 amide bonds. The largest absolute Gasteiger partial charge is 0.396 e. The molecule has 0 unspecified atom stereocenters. The van der Waals surface area contributed by atoms with Gasteiger partial charge < -0.3 is 10.4 Å². The van der Waals surface area contributed by atoms with Gasteiger partial charge in [0.25, 0.3) is 0 Å². The lowest BCUT2D eigenvalue weighted by Gasteiger charge is -2.06. The number of aryl methyl sites for hydroxylation is 1. The van der Waals surface area contributed by atoms with Crippen LogP contribution in [0.15, 0.2) is 18.2 Å². The second-order valence-electron chi connectivity index (χ2n) is 3.71. The van der Waals surface area contributed by atoms with Gasteiger partial charge >= 0.3 is 0 Å². The topological polar surface area (TPSA) is 49.3 Å².